The lowest BCUT2D eigenvalue weighted by atomic mass is 10.1. The zero-order valence-corrected chi connectivity index (χ0v) is 12.7. The van der Waals surface area contributed by atoms with Crippen LogP contribution in [0.2, 0.25) is 5.02 Å². The molecule has 1 aromatic carbocycles. The normalized spacial score (nSPS) is 16.7. The van der Waals surface area contributed by atoms with Crippen molar-refractivity contribution in [2.24, 2.45) is 5.73 Å². The van der Waals surface area contributed by atoms with E-state index in [1.165, 1.54) is 12.8 Å². The van der Waals surface area contributed by atoms with Crippen LogP contribution in [0.1, 0.15) is 31.2 Å². The topological polar surface area (TPSA) is 81.8 Å². The minimum absolute atomic E-state index is 0.147. The van der Waals surface area contributed by atoms with E-state index < -0.39 is 12.0 Å². The number of nitrogens with two attached hydrogens (primary N) is 1. The summed E-state index contributed by atoms with van der Waals surface area (Å²) in [6.07, 6.45) is 4.76. The largest absolute Gasteiger partial charge is 0.493 e. The molecule has 6 heteroatoms. The predicted molar refractivity (Wildman–Crippen MR) is 80.2 cm³/mol. The van der Waals surface area contributed by atoms with Gasteiger partial charge in [-0.25, -0.2) is 0 Å². The molecule has 5 nitrogen and oxygen atoms in total. The highest BCUT2D eigenvalue weighted by atomic mass is 35.5. The van der Waals surface area contributed by atoms with Crippen molar-refractivity contribution in [3.05, 3.63) is 22.7 Å². The Bertz CT molecular complexity index is 515. The Morgan fingerprint density at radius 2 is 2.10 bits per heavy atom. The second-order valence-corrected chi connectivity index (χ2v) is 5.67. The van der Waals surface area contributed by atoms with Gasteiger partial charge in [0.1, 0.15) is 6.04 Å². The summed E-state index contributed by atoms with van der Waals surface area (Å²) in [7, 11) is 1.55. The average molecular weight is 314 g/mol. The molecule has 3 N–H and O–H groups in total. The standard InChI is InChI=1S/C15H20ClNO4/c1-20-13-7-9(6-12(17)15(18)19)11(16)8-14(13)21-10-4-2-3-5-10/h7-8,10,12H,2-6,17H2,1H3,(H,18,19). The molecule has 1 fully saturated rings. The Balaban J connectivity index is 2.19. The van der Waals surface area contributed by atoms with Gasteiger partial charge >= 0.3 is 5.97 Å². The molecule has 1 unspecified atom stereocenters. The second-order valence-electron chi connectivity index (χ2n) is 5.27. The van der Waals surface area contributed by atoms with Crippen LogP contribution in [0.15, 0.2) is 12.1 Å². The van der Waals surface area contributed by atoms with Crippen molar-refractivity contribution in [1.29, 1.82) is 0 Å². The Kier molecular flexibility index (Phi) is 5.31. The Morgan fingerprint density at radius 1 is 1.43 bits per heavy atom. The first kappa shape index (κ1) is 15.9. The quantitative estimate of drug-likeness (QED) is 0.843. The highest BCUT2D eigenvalue weighted by molar-refractivity contribution is 6.31. The molecule has 0 bridgehead atoms. The molecule has 0 heterocycles. The number of benzene rings is 1. The van der Waals surface area contributed by atoms with Gasteiger partial charge in [-0.3, -0.25) is 4.79 Å². The van der Waals surface area contributed by atoms with E-state index in [2.05, 4.69) is 0 Å². The van der Waals surface area contributed by atoms with E-state index in [-0.39, 0.29) is 12.5 Å². The van der Waals surface area contributed by atoms with E-state index >= 15 is 0 Å². The van der Waals surface area contributed by atoms with Crippen LogP contribution in [0.25, 0.3) is 0 Å². The van der Waals surface area contributed by atoms with Crippen LogP contribution in [0, 0.1) is 0 Å². The summed E-state index contributed by atoms with van der Waals surface area (Å²) in [5.41, 5.74) is 6.19. The van der Waals surface area contributed by atoms with E-state index in [9.17, 15) is 4.79 Å². The Morgan fingerprint density at radius 3 is 2.67 bits per heavy atom. The van der Waals surface area contributed by atoms with Crippen LogP contribution in [0.3, 0.4) is 0 Å². The first-order valence-electron chi connectivity index (χ1n) is 7.02. The van der Waals surface area contributed by atoms with Crippen molar-refractivity contribution in [2.45, 2.75) is 44.2 Å². The number of aliphatic carboxylic acids is 1. The summed E-state index contributed by atoms with van der Waals surface area (Å²) >= 11 is 6.21. The summed E-state index contributed by atoms with van der Waals surface area (Å²) in [5.74, 6) is 0.0947. The molecule has 2 rings (SSSR count). The monoisotopic (exact) mass is 313 g/mol. The molecule has 1 atom stereocenters. The van der Waals surface area contributed by atoms with Crippen molar-refractivity contribution in [2.75, 3.05) is 7.11 Å². The summed E-state index contributed by atoms with van der Waals surface area (Å²) in [6, 6.07) is 2.40. The van der Waals surface area contributed by atoms with Gasteiger partial charge in [0.05, 0.1) is 13.2 Å². The highest BCUT2D eigenvalue weighted by Crippen LogP contribution is 2.36. The van der Waals surface area contributed by atoms with Crippen LogP contribution in [-0.2, 0) is 11.2 Å². The van der Waals surface area contributed by atoms with Gasteiger partial charge < -0.3 is 20.3 Å². The molecule has 0 aliphatic heterocycles. The third kappa shape index (κ3) is 4.02. The SMILES string of the molecule is COc1cc(CC(N)C(=O)O)c(Cl)cc1OC1CCCC1. The van der Waals surface area contributed by atoms with Crippen LogP contribution in [-0.4, -0.2) is 30.3 Å². The van der Waals surface area contributed by atoms with Crippen molar-refractivity contribution in [3.8, 4) is 11.5 Å². The zero-order chi connectivity index (χ0) is 15.4. The van der Waals surface area contributed by atoms with Crippen LogP contribution >= 0.6 is 11.6 Å². The molecule has 0 aromatic heterocycles. The van der Waals surface area contributed by atoms with Gasteiger partial charge in [0, 0.05) is 11.1 Å². The Labute approximate surface area is 129 Å². The molecule has 116 valence electrons. The summed E-state index contributed by atoms with van der Waals surface area (Å²) in [5, 5.41) is 9.33. The fraction of sp³-hybridized carbons (Fsp3) is 0.533. The maximum Gasteiger partial charge on any atom is 0.320 e. The van der Waals surface area contributed by atoms with Gasteiger partial charge in [-0.15, -0.1) is 0 Å². The van der Waals surface area contributed by atoms with Crippen molar-refractivity contribution in [1.82, 2.24) is 0 Å². The number of ether oxygens (including phenoxy) is 2. The van der Waals surface area contributed by atoms with Gasteiger partial charge in [0.15, 0.2) is 11.5 Å². The third-order valence-electron chi connectivity index (χ3n) is 3.69. The molecular weight excluding hydrogens is 294 g/mol. The molecule has 1 aromatic rings. The van der Waals surface area contributed by atoms with Gasteiger partial charge in [0.2, 0.25) is 0 Å². The zero-order valence-electron chi connectivity index (χ0n) is 12.0. The van der Waals surface area contributed by atoms with Crippen molar-refractivity contribution < 1.29 is 19.4 Å². The summed E-state index contributed by atoms with van der Waals surface area (Å²) in [4.78, 5) is 10.8. The van der Waals surface area contributed by atoms with E-state index in [0.29, 0.717) is 22.1 Å². The lowest BCUT2D eigenvalue weighted by Gasteiger charge is -2.18. The lowest BCUT2D eigenvalue weighted by molar-refractivity contribution is -0.138. The fourth-order valence-corrected chi connectivity index (χ4v) is 2.73. The third-order valence-corrected chi connectivity index (χ3v) is 4.04. The molecule has 1 aliphatic rings. The number of carboxylic acids is 1. The minimum Gasteiger partial charge on any atom is -0.493 e. The van der Waals surface area contributed by atoms with Gasteiger partial charge in [-0.1, -0.05) is 11.6 Å². The number of hydrogen-bond acceptors (Lipinski definition) is 4. The minimum atomic E-state index is -1.06. The fourth-order valence-electron chi connectivity index (χ4n) is 2.50. The summed E-state index contributed by atoms with van der Waals surface area (Å²) in [6.45, 7) is 0. The summed E-state index contributed by atoms with van der Waals surface area (Å²) < 4.78 is 11.3. The second kappa shape index (κ2) is 7.00. The van der Waals surface area contributed by atoms with E-state index in [1.54, 1.807) is 19.2 Å². The molecule has 1 saturated carbocycles. The van der Waals surface area contributed by atoms with E-state index in [1.807, 2.05) is 0 Å². The molecule has 0 saturated heterocycles. The number of rotatable bonds is 6. The predicted octanol–water partition coefficient (Wildman–Crippen LogP) is 2.62. The highest BCUT2D eigenvalue weighted by Gasteiger charge is 2.21. The maximum absolute atomic E-state index is 10.8. The lowest BCUT2D eigenvalue weighted by Crippen LogP contribution is -2.32. The van der Waals surface area contributed by atoms with Gasteiger partial charge in [-0.05, 0) is 43.7 Å². The van der Waals surface area contributed by atoms with Crippen LogP contribution in [0.5, 0.6) is 11.5 Å². The van der Waals surface area contributed by atoms with E-state index in [0.717, 1.165) is 12.8 Å². The number of carbonyl (C=O) groups is 1. The molecule has 0 amide bonds. The number of methoxy groups -OCH3 is 1. The molecule has 0 radical (unpaired) electrons. The smallest absolute Gasteiger partial charge is 0.320 e. The number of carboxylic acid groups (broad SMARTS) is 1. The molecular formula is C15H20ClNO4. The van der Waals surface area contributed by atoms with E-state index in [4.69, 9.17) is 31.9 Å². The maximum atomic E-state index is 10.8. The first-order chi connectivity index (χ1) is 10.0. The van der Waals surface area contributed by atoms with Gasteiger partial charge in [-0.2, -0.15) is 0 Å². The van der Waals surface area contributed by atoms with Crippen molar-refractivity contribution in [3.63, 3.8) is 0 Å². The molecule has 1 aliphatic carbocycles. The Hall–Kier alpha value is -1.46. The van der Waals surface area contributed by atoms with Crippen molar-refractivity contribution >= 4 is 17.6 Å². The van der Waals surface area contributed by atoms with Gasteiger partial charge in [0.25, 0.3) is 0 Å². The number of halogens is 1. The molecule has 0 spiro atoms. The average Bonchev–Trinajstić information content (AvgIpc) is 2.94. The van der Waals surface area contributed by atoms with Crippen LogP contribution < -0.4 is 15.2 Å². The first-order valence-corrected chi connectivity index (χ1v) is 7.40. The number of hydrogen-bond donors (Lipinski definition) is 2. The molecule has 21 heavy (non-hydrogen) atoms. The van der Waals surface area contributed by atoms with Crippen LogP contribution in [0.4, 0.5) is 0 Å².